The third-order valence-electron chi connectivity index (χ3n) is 2.77. The first-order valence-corrected chi connectivity index (χ1v) is 6.82. The van der Waals surface area contributed by atoms with Gasteiger partial charge in [0, 0.05) is 14.2 Å². The van der Waals surface area contributed by atoms with Crippen molar-refractivity contribution in [2.75, 3.05) is 25.3 Å². The SMILES string of the molecule is COC(CI)OC1(O)COC(C)C(O)C1OC. The standard InChI is InChI=1S/C10H19IO6/c1-6-8(12)9(15-3)10(13,5-16-6)17-7(4-11)14-2/h6-9,12-13H,4-5H2,1-3H3. The van der Waals surface area contributed by atoms with Gasteiger partial charge in [0.2, 0.25) is 5.79 Å². The van der Waals surface area contributed by atoms with Crippen LogP contribution in [-0.2, 0) is 18.9 Å². The van der Waals surface area contributed by atoms with Crippen LogP contribution < -0.4 is 0 Å². The van der Waals surface area contributed by atoms with Crippen LogP contribution in [0.5, 0.6) is 0 Å². The second kappa shape index (κ2) is 6.60. The molecule has 1 aliphatic heterocycles. The Morgan fingerprint density at radius 2 is 2.18 bits per heavy atom. The molecule has 6 nitrogen and oxygen atoms in total. The minimum atomic E-state index is -1.70. The van der Waals surface area contributed by atoms with Crippen LogP contribution in [0, 0.1) is 0 Å². The number of hydrogen-bond acceptors (Lipinski definition) is 6. The highest BCUT2D eigenvalue weighted by molar-refractivity contribution is 14.1. The molecule has 0 amide bonds. The number of ether oxygens (including phenoxy) is 4. The Bertz CT molecular complexity index is 237. The van der Waals surface area contributed by atoms with Crippen LogP contribution in [-0.4, -0.2) is 65.9 Å². The van der Waals surface area contributed by atoms with Crippen LogP contribution in [0.1, 0.15) is 6.92 Å². The topological polar surface area (TPSA) is 77.4 Å². The van der Waals surface area contributed by atoms with Gasteiger partial charge in [0.05, 0.1) is 10.5 Å². The molecular weight excluding hydrogens is 343 g/mol. The fraction of sp³-hybridized carbons (Fsp3) is 1.00. The zero-order chi connectivity index (χ0) is 13.1. The predicted molar refractivity (Wildman–Crippen MR) is 67.9 cm³/mol. The van der Waals surface area contributed by atoms with E-state index < -0.39 is 30.4 Å². The number of alkyl halides is 1. The van der Waals surface area contributed by atoms with Gasteiger partial charge in [-0.1, -0.05) is 22.6 Å². The Hall–Kier alpha value is 0.490. The van der Waals surface area contributed by atoms with Crippen LogP contribution in [0.4, 0.5) is 0 Å². The Balaban J connectivity index is 2.77. The molecule has 1 saturated heterocycles. The fourth-order valence-electron chi connectivity index (χ4n) is 1.74. The van der Waals surface area contributed by atoms with Crippen LogP contribution in [0.3, 0.4) is 0 Å². The lowest BCUT2D eigenvalue weighted by Crippen LogP contribution is -2.63. The molecule has 0 aliphatic carbocycles. The molecule has 0 aromatic rings. The molecule has 2 N–H and O–H groups in total. The average Bonchev–Trinajstić information content (AvgIpc) is 2.32. The summed E-state index contributed by atoms with van der Waals surface area (Å²) in [6.07, 6.45) is -2.82. The zero-order valence-corrected chi connectivity index (χ0v) is 12.3. The Kier molecular flexibility index (Phi) is 6.03. The van der Waals surface area contributed by atoms with E-state index in [1.807, 2.05) is 0 Å². The van der Waals surface area contributed by atoms with Crippen molar-refractivity contribution in [3.05, 3.63) is 0 Å². The van der Waals surface area contributed by atoms with E-state index in [9.17, 15) is 10.2 Å². The van der Waals surface area contributed by atoms with E-state index >= 15 is 0 Å². The van der Waals surface area contributed by atoms with Crippen molar-refractivity contribution in [2.24, 2.45) is 0 Å². The molecular formula is C10H19IO6. The highest BCUT2D eigenvalue weighted by atomic mass is 127. The summed E-state index contributed by atoms with van der Waals surface area (Å²) in [5, 5.41) is 20.2. The number of aliphatic hydroxyl groups excluding tert-OH is 1. The lowest BCUT2D eigenvalue weighted by Gasteiger charge is -2.44. The van der Waals surface area contributed by atoms with Crippen molar-refractivity contribution >= 4 is 22.6 Å². The van der Waals surface area contributed by atoms with Gasteiger partial charge in [-0.3, -0.25) is 0 Å². The van der Waals surface area contributed by atoms with Gasteiger partial charge >= 0.3 is 0 Å². The van der Waals surface area contributed by atoms with Crippen molar-refractivity contribution in [1.29, 1.82) is 0 Å². The molecule has 1 rings (SSSR count). The minimum Gasteiger partial charge on any atom is -0.387 e. The molecule has 7 heteroatoms. The van der Waals surface area contributed by atoms with Crippen LogP contribution in [0.2, 0.25) is 0 Å². The van der Waals surface area contributed by atoms with Crippen molar-refractivity contribution in [3.8, 4) is 0 Å². The summed E-state index contributed by atoms with van der Waals surface area (Å²) in [5.41, 5.74) is 0. The number of rotatable bonds is 5. The van der Waals surface area contributed by atoms with E-state index in [0.29, 0.717) is 4.43 Å². The van der Waals surface area contributed by atoms with E-state index in [2.05, 4.69) is 22.6 Å². The van der Waals surface area contributed by atoms with Gasteiger partial charge in [-0.15, -0.1) is 0 Å². The van der Waals surface area contributed by atoms with E-state index in [1.165, 1.54) is 14.2 Å². The Labute approximate surface area is 114 Å². The summed E-state index contributed by atoms with van der Waals surface area (Å²) in [6.45, 7) is 1.64. The van der Waals surface area contributed by atoms with E-state index in [1.54, 1.807) is 6.92 Å². The number of methoxy groups -OCH3 is 2. The van der Waals surface area contributed by atoms with Gasteiger partial charge in [-0.25, -0.2) is 0 Å². The van der Waals surface area contributed by atoms with Gasteiger partial charge < -0.3 is 29.2 Å². The predicted octanol–water partition coefficient (Wildman–Crippen LogP) is -0.106. The normalized spacial score (nSPS) is 40.2. The van der Waals surface area contributed by atoms with Gasteiger partial charge in [-0.2, -0.15) is 0 Å². The smallest absolute Gasteiger partial charge is 0.221 e. The number of aliphatic hydroxyl groups is 2. The highest BCUT2D eigenvalue weighted by Crippen LogP contribution is 2.29. The molecule has 1 heterocycles. The molecule has 0 aromatic heterocycles. The molecule has 1 fully saturated rings. The molecule has 5 atom stereocenters. The van der Waals surface area contributed by atoms with E-state index in [4.69, 9.17) is 18.9 Å². The van der Waals surface area contributed by atoms with E-state index in [0.717, 1.165) is 0 Å². The van der Waals surface area contributed by atoms with Crippen molar-refractivity contribution < 1.29 is 29.2 Å². The molecule has 0 radical (unpaired) electrons. The van der Waals surface area contributed by atoms with E-state index in [-0.39, 0.29) is 6.61 Å². The molecule has 0 saturated carbocycles. The lowest BCUT2D eigenvalue weighted by molar-refractivity contribution is -0.369. The maximum Gasteiger partial charge on any atom is 0.221 e. The van der Waals surface area contributed by atoms with Crippen LogP contribution in [0.15, 0.2) is 0 Å². The first kappa shape index (κ1) is 15.5. The Morgan fingerprint density at radius 1 is 1.53 bits per heavy atom. The molecule has 102 valence electrons. The molecule has 17 heavy (non-hydrogen) atoms. The van der Waals surface area contributed by atoms with Crippen LogP contribution in [0.25, 0.3) is 0 Å². The van der Waals surface area contributed by atoms with Crippen molar-refractivity contribution in [1.82, 2.24) is 0 Å². The molecule has 0 bridgehead atoms. The van der Waals surface area contributed by atoms with Crippen LogP contribution >= 0.6 is 22.6 Å². The summed E-state index contributed by atoms with van der Waals surface area (Å²) < 4.78 is 21.4. The largest absolute Gasteiger partial charge is 0.387 e. The van der Waals surface area contributed by atoms with Gasteiger partial charge in [0.1, 0.15) is 18.8 Å². The average molecular weight is 362 g/mol. The summed E-state index contributed by atoms with van der Waals surface area (Å²) in [4.78, 5) is 0. The second-order valence-corrected chi connectivity index (χ2v) is 4.83. The first-order valence-electron chi connectivity index (χ1n) is 5.30. The summed E-state index contributed by atoms with van der Waals surface area (Å²) in [7, 11) is 2.89. The fourth-order valence-corrected chi connectivity index (χ4v) is 2.28. The zero-order valence-electron chi connectivity index (χ0n) is 10.1. The number of halogens is 1. The molecule has 0 spiro atoms. The molecule has 1 aliphatic rings. The van der Waals surface area contributed by atoms with Gasteiger partial charge in [0.15, 0.2) is 6.29 Å². The van der Waals surface area contributed by atoms with Crippen molar-refractivity contribution in [2.45, 2.75) is 37.3 Å². The summed E-state index contributed by atoms with van der Waals surface area (Å²) in [5.74, 6) is -1.70. The monoisotopic (exact) mass is 362 g/mol. The third-order valence-corrected chi connectivity index (χ3v) is 3.49. The molecule has 0 aromatic carbocycles. The third kappa shape index (κ3) is 3.49. The Morgan fingerprint density at radius 3 is 2.65 bits per heavy atom. The second-order valence-electron chi connectivity index (χ2n) is 3.95. The van der Waals surface area contributed by atoms with Gasteiger partial charge in [-0.05, 0) is 6.92 Å². The highest BCUT2D eigenvalue weighted by Gasteiger charge is 2.50. The lowest BCUT2D eigenvalue weighted by atomic mass is 9.97. The minimum absolute atomic E-state index is 0.0692. The summed E-state index contributed by atoms with van der Waals surface area (Å²) in [6, 6.07) is 0. The maximum atomic E-state index is 10.3. The summed E-state index contributed by atoms with van der Waals surface area (Å²) >= 11 is 2.08. The van der Waals surface area contributed by atoms with Crippen molar-refractivity contribution in [3.63, 3.8) is 0 Å². The number of hydrogen-bond donors (Lipinski definition) is 2. The quantitative estimate of drug-likeness (QED) is 0.404. The first-order chi connectivity index (χ1) is 7.98. The van der Waals surface area contributed by atoms with Gasteiger partial charge in [0.25, 0.3) is 0 Å². The molecule has 5 unspecified atom stereocenters. The maximum absolute atomic E-state index is 10.3.